The predicted molar refractivity (Wildman–Crippen MR) is 59.8 cm³/mol. The van der Waals surface area contributed by atoms with E-state index in [2.05, 4.69) is 0 Å². The molecule has 3 heteroatoms. The van der Waals surface area contributed by atoms with Gasteiger partial charge in [-0.2, -0.15) is 0 Å². The van der Waals surface area contributed by atoms with E-state index in [1.54, 1.807) is 6.92 Å². The third kappa shape index (κ3) is 3.35. The van der Waals surface area contributed by atoms with Crippen LogP contribution in [-0.2, 0) is 20.9 Å². The average molecular weight is 220 g/mol. The molecule has 0 radical (unpaired) electrons. The van der Waals surface area contributed by atoms with E-state index < -0.39 is 6.10 Å². The molecule has 0 spiro atoms. The first-order valence-electron chi connectivity index (χ1n) is 5.62. The van der Waals surface area contributed by atoms with Crippen molar-refractivity contribution in [1.82, 2.24) is 0 Å². The van der Waals surface area contributed by atoms with Gasteiger partial charge in [0.25, 0.3) is 0 Å². The van der Waals surface area contributed by atoms with Gasteiger partial charge in [-0.15, -0.1) is 0 Å². The second-order valence-electron chi connectivity index (χ2n) is 4.07. The Kier molecular flexibility index (Phi) is 3.57. The average Bonchev–Trinajstić information content (AvgIpc) is 3.11. The highest BCUT2D eigenvalue weighted by atomic mass is 16.6. The van der Waals surface area contributed by atoms with Crippen LogP contribution >= 0.6 is 0 Å². The summed E-state index contributed by atoms with van der Waals surface area (Å²) in [5.41, 5.74) is 0.995. The van der Waals surface area contributed by atoms with Crippen molar-refractivity contribution in [3.63, 3.8) is 0 Å². The maximum Gasteiger partial charge on any atom is 0.335 e. The summed E-state index contributed by atoms with van der Waals surface area (Å²) in [6.07, 6.45) is 1.96. The molecule has 0 aromatic heterocycles. The molecule has 16 heavy (non-hydrogen) atoms. The van der Waals surface area contributed by atoms with Gasteiger partial charge >= 0.3 is 5.97 Å². The van der Waals surface area contributed by atoms with E-state index in [0.717, 1.165) is 18.4 Å². The minimum atomic E-state index is -0.448. The van der Waals surface area contributed by atoms with Gasteiger partial charge in [-0.1, -0.05) is 30.3 Å². The van der Waals surface area contributed by atoms with E-state index in [1.165, 1.54) is 0 Å². The summed E-state index contributed by atoms with van der Waals surface area (Å²) in [6, 6.07) is 9.64. The Hall–Kier alpha value is -1.35. The van der Waals surface area contributed by atoms with Crippen LogP contribution < -0.4 is 0 Å². The van der Waals surface area contributed by atoms with Crippen LogP contribution in [0, 0.1) is 0 Å². The summed E-state index contributed by atoms with van der Waals surface area (Å²) in [7, 11) is 0. The van der Waals surface area contributed by atoms with Gasteiger partial charge in [0.1, 0.15) is 6.61 Å². The molecular weight excluding hydrogens is 204 g/mol. The van der Waals surface area contributed by atoms with E-state index in [4.69, 9.17) is 9.47 Å². The zero-order chi connectivity index (χ0) is 11.4. The van der Waals surface area contributed by atoms with Crippen molar-refractivity contribution in [3.05, 3.63) is 35.9 Å². The van der Waals surface area contributed by atoms with Gasteiger partial charge in [0.15, 0.2) is 6.10 Å². The van der Waals surface area contributed by atoms with Crippen LogP contribution in [-0.4, -0.2) is 18.2 Å². The summed E-state index contributed by atoms with van der Waals surface area (Å²) in [4.78, 5) is 11.5. The zero-order valence-electron chi connectivity index (χ0n) is 9.39. The van der Waals surface area contributed by atoms with Crippen LogP contribution in [0.15, 0.2) is 30.3 Å². The molecule has 3 nitrogen and oxygen atoms in total. The second-order valence-corrected chi connectivity index (χ2v) is 4.07. The van der Waals surface area contributed by atoms with Gasteiger partial charge in [0.2, 0.25) is 0 Å². The highest BCUT2D eigenvalue weighted by Gasteiger charge is 2.28. The van der Waals surface area contributed by atoms with Gasteiger partial charge in [-0.25, -0.2) is 4.79 Å². The molecule has 0 amide bonds. The van der Waals surface area contributed by atoms with E-state index >= 15 is 0 Å². The van der Waals surface area contributed by atoms with Crippen LogP contribution in [0.25, 0.3) is 0 Å². The first-order chi connectivity index (χ1) is 7.75. The van der Waals surface area contributed by atoms with Crippen LogP contribution in [0.2, 0.25) is 0 Å². The summed E-state index contributed by atoms with van der Waals surface area (Å²) in [6.45, 7) is 2.06. The number of ether oxygens (including phenoxy) is 2. The summed E-state index contributed by atoms with van der Waals surface area (Å²) in [5.74, 6) is -0.282. The smallest absolute Gasteiger partial charge is 0.335 e. The highest BCUT2D eigenvalue weighted by Crippen LogP contribution is 2.25. The first-order valence-corrected chi connectivity index (χ1v) is 5.62. The molecule has 2 rings (SSSR count). The molecule has 0 bridgehead atoms. The van der Waals surface area contributed by atoms with Gasteiger partial charge in [0.05, 0.1) is 6.10 Å². The van der Waals surface area contributed by atoms with E-state index in [1.807, 2.05) is 30.3 Å². The second kappa shape index (κ2) is 5.12. The molecule has 0 aliphatic heterocycles. The molecule has 1 aromatic rings. The lowest BCUT2D eigenvalue weighted by molar-refractivity contribution is -0.158. The Morgan fingerprint density at radius 2 is 2.06 bits per heavy atom. The van der Waals surface area contributed by atoms with E-state index in [0.29, 0.717) is 6.61 Å². The SMILES string of the molecule is CC(OC1CC1)C(=O)OCc1ccccc1. The lowest BCUT2D eigenvalue weighted by Crippen LogP contribution is -2.24. The van der Waals surface area contributed by atoms with Crippen molar-refractivity contribution in [3.8, 4) is 0 Å². The van der Waals surface area contributed by atoms with Crippen LogP contribution in [0.4, 0.5) is 0 Å². The maximum absolute atomic E-state index is 11.5. The number of benzene rings is 1. The molecular formula is C13H16O3. The summed E-state index contributed by atoms with van der Waals surface area (Å²) < 4.78 is 10.6. The van der Waals surface area contributed by atoms with Crippen molar-refractivity contribution in [1.29, 1.82) is 0 Å². The minimum Gasteiger partial charge on any atom is -0.459 e. The van der Waals surface area contributed by atoms with Gasteiger partial charge in [0, 0.05) is 0 Å². The molecule has 0 saturated heterocycles. The standard InChI is InChI=1S/C13H16O3/c1-10(16-12-7-8-12)13(14)15-9-11-5-3-2-4-6-11/h2-6,10,12H,7-9H2,1H3. The summed E-state index contributed by atoms with van der Waals surface area (Å²) in [5, 5.41) is 0. The zero-order valence-corrected chi connectivity index (χ0v) is 9.39. The molecule has 0 heterocycles. The van der Waals surface area contributed by atoms with Crippen molar-refractivity contribution < 1.29 is 14.3 Å². The van der Waals surface area contributed by atoms with Crippen molar-refractivity contribution in [2.45, 2.75) is 38.6 Å². The van der Waals surface area contributed by atoms with Crippen molar-refractivity contribution >= 4 is 5.97 Å². The Labute approximate surface area is 95.4 Å². The summed E-state index contributed by atoms with van der Waals surface area (Å²) >= 11 is 0. The molecule has 0 N–H and O–H groups in total. The molecule has 1 aliphatic carbocycles. The molecule has 1 atom stereocenters. The number of esters is 1. The molecule has 86 valence electrons. The lowest BCUT2D eigenvalue weighted by atomic mass is 10.2. The Morgan fingerprint density at radius 3 is 2.69 bits per heavy atom. The van der Waals surface area contributed by atoms with Crippen molar-refractivity contribution in [2.24, 2.45) is 0 Å². The van der Waals surface area contributed by atoms with Crippen LogP contribution in [0.1, 0.15) is 25.3 Å². The van der Waals surface area contributed by atoms with Crippen molar-refractivity contribution in [2.75, 3.05) is 0 Å². The number of rotatable bonds is 5. The van der Waals surface area contributed by atoms with E-state index in [9.17, 15) is 4.79 Å². The number of hydrogen-bond acceptors (Lipinski definition) is 3. The predicted octanol–water partition coefficient (Wildman–Crippen LogP) is 2.30. The quantitative estimate of drug-likeness (QED) is 0.714. The Morgan fingerprint density at radius 1 is 1.38 bits per heavy atom. The van der Waals surface area contributed by atoms with E-state index in [-0.39, 0.29) is 12.1 Å². The fourth-order valence-electron chi connectivity index (χ4n) is 1.39. The van der Waals surface area contributed by atoms with Crippen LogP contribution in [0.5, 0.6) is 0 Å². The molecule has 1 aliphatic rings. The molecule has 1 saturated carbocycles. The number of carbonyl (C=O) groups is 1. The third-order valence-electron chi connectivity index (χ3n) is 2.48. The first kappa shape index (κ1) is 11.1. The highest BCUT2D eigenvalue weighted by molar-refractivity contribution is 5.74. The maximum atomic E-state index is 11.5. The largest absolute Gasteiger partial charge is 0.459 e. The topological polar surface area (TPSA) is 35.5 Å². The number of hydrogen-bond donors (Lipinski definition) is 0. The minimum absolute atomic E-state index is 0.277. The van der Waals surface area contributed by atoms with Gasteiger partial charge in [-0.3, -0.25) is 0 Å². The monoisotopic (exact) mass is 220 g/mol. The lowest BCUT2D eigenvalue weighted by Gasteiger charge is -2.11. The normalized spacial score (nSPS) is 16.8. The molecule has 1 fully saturated rings. The van der Waals surface area contributed by atoms with Gasteiger partial charge in [-0.05, 0) is 25.3 Å². The fourth-order valence-corrected chi connectivity index (χ4v) is 1.39. The number of carbonyl (C=O) groups excluding carboxylic acids is 1. The van der Waals surface area contributed by atoms with Crippen LogP contribution in [0.3, 0.4) is 0 Å². The van der Waals surface area contributed by atoms with Gasteiger partial charge < -0.3 is 9.47 Å². The third-order valence-corrected chi connectivity index (χ3v) is 2.48. The molecule has 1 unspecified atom stereocenters. The Bertz CT molecular complexity index is 343. The Balaban J connectivity index is 1.74. The molecule has 1 aromatic carbocycles. The fraction of sp³-hybridized carbons (Fsp3) is 0.462.